The van der Waals surface area contributed by atoms with E-state index in [2.05, 4.69) is 0 Å². The van der Waals surface area contributed by atoms with Gasteiger partial charge in [-0.25, -0.2) is 9.59 Å². The minimum absolute atomic E-state index is 0.361. The van der Waals surface area contributed by atoms with Crippen molar-refractivity contribution in [1.82, 2.24) is 0 Å². The Labute approximate surface area is 105 Å². The fraction of sp³-hybridized carbons (Fsp3) is 0.385. The molecule has 1 fully saturated rings. The number of nitrogens with zero attached hydrogens (tertiary/aromatic N) is 1. The number of anilines is 1. The second kappa shape index (κ2) is 4.68. The molecule has 2 atom stereocenters. The van der Waals surface area contributed by atoms with Crippen LogP contribution in [0.5, 0.6) is 0 Å². The molecule has 1 aliphatic rings. The highest BCUT2D eigenvalue weighted by atomic mass is 16.4. The van der Waals surface area contributed by atoms with E-state index < -0.39 is 24.0 Å². The van der Waals surface area contributed by atoms with Gasteiger partial charge in [-0.2, -0.15) is 0 Å². The molecule has 2 rings (SSSR count). The minimum Gasteiger partial charge on any atom is -0.480 e. The predicted octanol–water partition coefficient (Wildman–Crippen LogP) is 1.50. The van der Waals surface area contributed by atoms with Gasteiger partial charge >= 0.3 is 11.9 Å². The zero-order valence-electron chi connectivity index (χ0n) is 10.0. The van der Waals surface area contributed by atoms with Crippen molar-refractivity contribution in [3.63, 3.8) is 0 Å². The Hall–Kier alpha value is -2.04. The molecule has 2 N–H and O–H groups in total. The lowest BCUT2D eigenvalue weighted by molar-refractivity contribution is -0.139. The maximum Gasteiger partial charge on any atom is 0.326 e. The van der Waals surface area contributed by atoms with Crippen molar-refractivity contribution in [3.8, 4) is 0 Å². The van der Waals surface area contributed by atoms with E-state index in [9.17, 15) is 19.8 Å². The van der Waals surface area contributed by atoms with Gasteiger partial charge in [-0.15, -0.1) is 0 Å². The Morgan fingerprint density at radius 1 is 1.17 bits per heavy atom. The molecule has 5 heteroatoms. The summed E-state index contributed by atoms with van der Waals surface area (Å²) in [6.45, 7) is 1.89. The maximum atomic E-state index is 11.2. The second-order valence-corrected chi connectivity index (χ2v) is 4.53. The lowest BCUT2D eigenvalue weighted by Gasteiger charge is -2.28. The lowest BCUT2D eigenvalue weighted by Crippen LogP contribution is -2.44. The van der Waals surface area contributed by atoms with Crippen LogP contribution in [-0.2, 0) is 9.59 Å². The van der Waals surface area contributed by atoms with Crippen molar-refractivity contribution in [2.24, 2.45) is 0 Å². The fourth-order valence-electron chi connectivity index (χ4n) is 2.44. The van der Waals surface area contributed by atoms with Gasteiger partial charge in [-0.3, -0.25) is 0 Å². The van der Waals surface area contributed by atoms with E-state index in [1.54, 1.807) is 12.1 Å². The van der Waals surface area contributed by atoms with E-state index in [-0.39, 0.29) is 0 Å². The number of rotatable bonds is 3. The van der Waals surface area contributed by atoms with Gasteiger partial charge in [0.1, 0.15) is 12.1 Å². The van der Waals surface area contributed by atoms with Gasteiger partial charge in [0.15, 0.2) is 0 Å². The van der Waals surface area contributed by atoms with Gasteiger partial charge in [-0.05, 0) is 37.5 Å². The highest BCUT2D eigenvalue weighted by Gasteiger charge is 2.41. The van der Waals surface area contributed by atoms with Gasteiger partial charge in [0.2, 0.25) is 0 Å². The van der Waals surface area contributed by atoms with Gasteiger partial charge in [-0.1, -0.05) is 12.1 Å². The zero-order chi connectivity index (χ0) is 13.3. The molecule has 0 aliphatic carbocycles. The molecule has 2 unspecified atom stereocenters. The summed E-state index contributed by atoms with van der Waals surface area (Å²) in [6, 6.07) is 5.76. The second-order valence-electron chi connectivity index (χ2n) is 4.53. The first-order chi connectivity index (χ1) is 8.50. The molecule has 1 heterocycles. The van der Waals surface area contributed by atoms with E-state index in [0.717, 1.165) is 5.56 Å². The minimum atomic E-state index is -0.972. The topological polar surface area (TPSA) is 77.8 Å². The summed E-state index contributed by atoms with van der Waals surface area (Å²) >= 11 is 0. The van der Waals surface area contributed by atoms with Crippen molar-refractivity contribution in [1.29, 1.82) is 0 Å². The van der Waals surface area contributed by atoms with Gasteiger partial charge in [0.05, 0.1) is 0 Å². The van der Waals surface area contributed by atoms with Crippen molar-refractivity contribution in [2.45, 2.75) is 31.8 Å². The van der Waals surface area contributed by atoms with Crippen LogP contribution in [0.3, 0.4) is 0 Å². The maximum absolute atomic E-state index is 11.2. The van der Waals surface area contributed by atoms with Crippen molar-refractivity contribution in [3.05, 3.63) is 29.8 Å². The molecule has 18 heavy (non-hydrogen) atoms. The molecular formula is C13H15NO4. The SMILES string of the molecule is Cc1cccc(N2C(C(=O)O)CCC2C(=O)O)c1. The summed E-state index contributed by atoms with van der Waals surface area (Å²) in [4.78, 5) is 23.9. The van der Waals surface area contributed by atoms with Crippen LogP contribution in [0.4, 0.5) is 5.69 Å². The van der Waals surface area contributed by atoms with Crippen LogP contribution in [0.15, 0.2) is 24.3 Å². The molecule has 0 radical (unpaired) electrons. The molecule has 1 aromatic carbocycles. The Kier molecular flexibility index (Phi) is 3.23. The van der Waals surface area contributed by atoms with Crippen molar-refractivity contribution >= 4 is 17.6 Å². The van der Waals surface area contributed by atoms with Crippen LogP contribution in [-0.4, -0.2) is 34.2 Å². The van der Waals surface area contributed by atoms with Gasteiger partial charge in [0.25, 0.3) is 0 Å². The molecule has 0 amide bonds. The number of hydrogen-bond acceptors (Lipinski definition) is 3. The number of carbonyl (C=O) groups is 2. The van der Waals surface area contributed by atoms with Crippen molar-refractivity contribution < 1.29 is 19.8 Å². The largest absolute Gasteiger partial charge is 0.480 e. The Balaban J connectivity index is 2.40. The number of carboxylic acid groups (broad SMARTS) is 2. The Morgan fingerprint density at radius 3 is 2.17 bits per heavy atom. The summed E-state index contributed by atoms with van der Waals surface area (Å²) < 4.78 is 0. The van der Waals surface area contributed by atoms with Crippen LogP contribution < -0.4 is 4.90 Å². The summed E-state index contributed by atoms with van der Waals surface area (Å²) in [6.07, 6.45) is 0.723. The monoisotopic (exact) mass is 249 g/mol. The quantitative estimate of drug-likeness (QED) is 0.848. The standard InChI is InChI=1S/C13H15NO4/c1-8-3-2-4-9(7-8)14-10(12(15)16)5-6-11(14)13(17)18/h2-4,7,10-11H,5-6H2,1H3,(H,15,16)(H,17,18). The smallest absolute Gasteiger partial charge is 0.326 e. The van der Waals surface area contributed by atoms with Crippen LogP contribution in [0.2, 0.25) is 0 Å². The average molecular weight is 249 g/mol. The molecular weight excluding hydrogens is 234 g/mol. The highest BCUT2D eigenvalue weighted by Crippen LogP contribution is 2.31. The predicted molar refractivity (Wildman–Crippen MR) is 65.7 cm³/mol. The molecule has 1 saturated heterocycles. The summed E-state index contributed by atoms with van der Waals surface area (Å²) in [7, 11) is 0. The van der Waals surface area contributed by atoms with E-state index in [1.807, 2.05) is 19.1 Å². The molecule has 0 spiro atoms. The van der Waals surface area contributed by atoms with Crippen molar-refractivity contribution in [2.75, 3.05) is 4.90 Å². The van der Waals surface area contributed by atoms with E-state index in [0.29, 0.717) is 18.5 Å². The highest BCUT2D eigenvalue weighted by molar-refractivity contribution is 5.86. The average Bonchev–Trinajstić information content (AvgIpc) is 2.73. The first-order valence-electron chi connectivity index (χ1n) is 5.81. The molecule has 1 aliphatic heterocycles. The number of hydrogen-bond donors (Lipinski definition) is 2. The van der Waals surface area contributed by atoms with Crippen LogP contribution in [0, 0.1) is 6.92 Å². The number of benzene rings is 1. The normalized spacial score (nSPS) is 23.1. The third-order valence-corrected chi connectivity index (χ3v) is 3.26. The van der Waals surface area contributed by atoms with E-state index in [1.165, 1.54) is 4.90 Å². The lowest BCUT2D eigenvalue weighted by atomic mass is 10.1. The van der Waals surface area contributed by atoms with Crippen LogP contribution >= 0.6 is 0 Å². The molecule has 0 bridgehead atoms. The van der Waals surface area contributed by atoms with Gasteiger partial charge < -0.3 is 15.1 Å². The van der Waals surface area contributed by atoms with E-state index in [4.69, 9.17) is 0 Å². The molecule has 0 aromatic heterocycles. The van der Waals surface area contributed by atoms with Crippen LogP contribution in [0.1, 0.15) is 18.4 Å². The summed E-state index contributed by atoms with van der Waals surface area (Å²) in [5, 5.41) is 18.4. The fourth-order valence-corrected chi connectivity index (χ4v) is 2.44. The number of aliphatic carboxylic acids is 2. The first-order valence-corrected chi connectivity index (χ1v) is 5.81. The molecule has 0 saturated carbocycles. The Morgan fingerprint density at radius 2 is 1.72 bits per heavy atom. The van der Waals surface area contributed by atoms with Gasteiger partial charge in [0, 0.05) is 5.69 Å². The Bertz CT molecular complexity index is 464. The van der Waals surface area contributed by atoms with Crippen LogP contribution in [0.25, 0.3) is 0 Å². The molecule has 96 valence electrons. The molecule has 1 aromatic rings. The third-order valence-electron chi connectivity index (χ3n) is 3.26. The third kappa shape index (κ3) is 2.16. The number of aryl methyl sites for hydroxylation is 1. The van der Waals surface area contributed by atoms with E-state index >= 15 is 0 Å². The number of carboxylic acids is 2. The first kappa shape index (κ1) is 12.4. The summed E-state index contributed by atoms with van der Waals surface area (Å²) in [5.74, 6) is -1.94. The zero-order valence-corrected chi connectivity index (χ0v) is 10.0. The molecule has 5 nitrogen and oxygen atoms in total. The summed E-state index contributed by atoms with van der Waals surface area (Å²) in [5.41, 5.74) is 1.64.